The normalized spacial score (nSPS) is 13.2. The van der Waals surface area contributed by atoms with Crippen LogP contribution >= 0.6 is 0 Å². The third-order valence-corrected chi connectivity index (χ3v) is 7.54. The standard InChI is InChI=1S/C25H30N6O7S/c1-15-13-26-23(27-14-15)22(37-12-11-32)17(3)39(33,34)30-25-29-28-24(20-10-9-16(2)38-20)31(25)21-18(35-4)7-6-8-19(21)36-5/h6-10,13-14,17,22,32H,11-12H2,1-5H3,(H,29,30). The van der Waals surface area contributed by atoms with Gasteiger partial charge in [0, 0.05) is 12.4 Å². The number of anilines is 1. The zero-order chi connectivity index (χ0) is 28.2. The Morgan fingerprint density at radius 2 is 1.72 bits per heavy atom. The molecule has 0 saturated carbocycles. The van der Waals surface area contributed by atoms with Crippen LogP contribution in [0.3, 0.4) is 0 Å². The lowest BCUT2D eigenvalue weighted by molar-refractivity contribution is 0.0227. The van der Waals surface area contributed by atoms with Crippen molar-refractivity contribution in [1.82, 2.24) is 24.7 Å². The summed E-state index contributed by atoms with van der Waals surface area (Å²) >= 11 is 0. The van der Waals surface area contributed by atoms with Gasteiger partial charge in [0.15, 0.2) is 11.6 Å². The number of nitrogens with zero attached hydrogens (tertiary/aromatic N) is 5. The van der Waals surface area contributed by atoms with E-state index in [4.69, 9.17) is 18.6 Å². The van der Waals surface area contributed by atoms with Gasteiger partial charge in [-0.05, 0) is 50.6 Å². The number of furan rings is 1. The first-order valence-corrected chi connectivity index (χ1v) is 13.5. The first kappa shape index (κ1) is 28.0. The molecule has 208 valence electrons. The molecule has 2 N–H and O–H groups in total. The number of ether oxygens (including phenoxy) is 3. The molecular formula is C25H30N6O7S. The number of rotatable bonds is 12. The van der Waals surface area contributed by atoms with Gasteiger partial charge in [-0.25, -0.2) is 18.4 Å². The smallest absolute Gasteiger partial charge is 0.243 e. The van der Waals surface area contributed by atoms with Crippen LogP contribution in [0, 0.1) is 13.8 Å². The Labute approximate surface area is 225 Å². The number of hydrogen-bond acceptors (Lipinski definition) is 11. The lowest BCUT2D eigenvalue weighted by atomic mass is 10.2. The average Bonchev–Trinajstić information content (AvgIpc) is 3.54. The molecule has 3 heterocycles. The number of benzene rings is 1. The molecule has 0 spiro atoms. The molecule has 39 heavy (non-hydrogen) atoms. The molecule has 4 aromatic rings. The van der Waals surface area contributed by atoms with E-state index in [1.165, 1.54) is 25.7 Å². The molecule has 14 heteroatoms. The van der Waals surface area contributed by atoms with Gasteiger partial charge < -0.3 is 23.7 Å². The fourth-order valence-electron chi connectivity index (χ4n) is 3.86. The van der Waals surface area contributed by atoms with Crippen LogP contribution in [0.4, 0.5) is 5.95 Å². The first-order chi connectivity index (χ1) is 18.7. The van der Waals surface area contributed by atoms with E-state index in [-0.39, 0.29) is 30.8 Å². The van der Waals surface area contributed by atoms with Crippen LogP contribution in [0.5, 0.6) is 11.5 Å². The van der Waals surface area contributed by atoms with Crippen molar-refractivity contribution in [2.75, 3.05) is 32.2 Å². The Hall–Kier alpha value is -4.01. The SMILES string of the molecule is COc1cccc(OC)c1-n1c(NS(=O)(=O)C(C)C(OCCO)c2ncc(C)cn2)nnc1-c1ccc(C)o1. The Morgan fingerprint density at radius 3 is 2.28 bits per heavy atom. The summed E-state index contributed by atoms with van der Waals surface area (Å²) in [5.41, 5.74) is 1.16. The van der Waals surface area contributed by atoms with Crippen LogP contribution in [0.25, 0.3) is 17.3 Å². The van der Waals surface area contributed by atoms with Crippen molar-refractivity contribution in [1.29, 1.82) is 0 Å². The summed E-state index contributed by atoms with van der Waals surface area (Å²) < 4.78 is 54.0. The summed E-state index contributed by atoms with van der Waals surface area (Å²) in [5, 5.41) is 16.5. The number of methoxy groups -OCH3 is 2. The van der Waals surface area contributed by atoms with E-state index in [0.29, 0.717) is 28.7 Å². The van der Waals surface area contributed by atoms with Crippen molar-refractivity contribution in [3.05, 3.63) is 59.9 Å². The molecule has 0 aliphatic heterocycles. The molecule has 4 rings (SSSR count). The molecule has 3 aromatic heterocycles. The number of para-hydroxylation sites is 1. The van der Waals surface area contributed by atoms with Crippen LogP contribution in [-0.4, -0.2) is 70.9 Å². The molecule has 1 aromatic carbocycles. The predicted octanol–water partition coefficient (Wildman–Crippen LogP) is 2.83. The van der Waals surface area contributed by atoms with Crippen LogP contribution in [-0.2, 0) is 14.8 Å². The van der Waals surface area contributed by atoms with E-state index in [2.05, 4.69) is 24.9 Å². The summed E-state index contributed by atoms with van der Waals surface area (Å²) in [7, 11) is -1.24. The Morgan fingerprint density at radius 1 is 1.05 bits per heavy atom. The van der Waals surface area contributed by atoms with E-state index in [9.17, 15) is 13.5 Å². The van der Waals surface area contributed by atoms with E-state index in [1.54, 1.807) is 49.6 Å². The lowest BCUT2D eigenvalue weighted by Gasteiger charge is -2.24. The summed E-state index contributed by atoms with van der Waals surface area (Å²) in [5.74, 6) is 1.97. The number of nitrogens with one attached hydrogen (secondary N) is 1. The quantitative estimate of drug-likeness (QED) is 0.263. The molecular weight excluding hydrogens is 528 g/mol. The van der Waals surface area contributed by atoms with Gasteiger partial charge in [0.25, 0.3) is 0 Å². The summed E-state index contributed by atoms with van der Waals surface area (Å²) in [6, 6.07) is 8.59. The molecule has 0 aliphatic rings. The minimum Gasteiger partial charge on any atom is -0.494 e. The van der Waals surface area contributed by atoms with Gasteiger partial charge in [0.2, 0.25) is 21.8 Å². The van der Waals surface area contributed by atoms with E-state index >= 15 is 0 Å². The van der Waals surface area contributed by atoms with Gasteiger partial charge in [-0.3, -0.25) is 9.29 Å². The fourth-order valence-corrected chi connectivity index (χ4v) is 4.96. The maximum Gasteiger partial charge on any atom is 0.243 e. The maximum absolute atomic E-state index is 13.7. The van der Waals surface area contributed by atoms with Gasteiger partial charge in [-0.15, -0.1) is 10.2 Å². The number of aromatic nitrogens is 5. The van der Waals surface area contributed by atoms with E-state index < -0.39 is 21.4 Å². The van der Waals surface area contributed by atoms with Gasteiger partial charge in [-0.2, -0.15) is 0 Å². The molecule has 2 atom stereocenters. The Kier molecular flexibility index (Phi) is 8.47. The van der Waals surface area contributed by atoms with Crippen molar-refractivity contribution >= 4 is 16.0 Å². The molecule has 0 amide bonds. The van der Waals surface area contributed by atoms with E-state index in [1.807, 2.05) is 6.92 Å². The second kappa shape index (κ2) is 11.8. The third-order valence-electron chi connectivity index (χ3n) is 5.84. The minimum absolute atomic E-state index is 0.113. The monoisotopic (exact) mass is 558 g/mol. The van der Waals surface area contributed by atoms with Crippen molar-refractivity contribution in [3.63, 3.8) is 0 Å². The molecule has 0 bridgehead atoms. The summed E-state index contributed by atoms with van der Waals surface area (Å²) in [6.07, 6.45) is 2.04. The molecule has 0 aliphatic carbocycles. The highest BCUT2D eigenvalue weighted by molar-refractivity contribution is 7.93. The van der Waals surface area contributed by atoms with Crippen LogP contribution in [0.15, 0.2) is 47.1 Å². The number of hydrogen-bond donors (Lipinski definition) is 2. The second-order valence-electron chi connectivity index (χ2n) is 8.59. The lowest BCUT2D eigenvalue weighted by Crippen LogP contribution is -2.34. The van der Waals surface area contributed by atoms with Crippen molar-refractivity contribution in [3.8, 4) is 28.8 Å². The number of aliphatic hydroxyl groups excluding tert-OH is 1. The Bertz CT molecular complexity index is 1500. The topological polar surface area (TPSA) is 164 Å². The minimum atomic E-state index is -4.21. The summed E-state index contributed by atoms with van der Waals surface area (Å²) in [6.45, 7) is 4.62. The largest absolute Gasteiger partial charge is 0.494 e. The van der Waals surface area contributed by atoms with Crippen LogP contribution in [0.1, 0.15) is 30.2 Å². The second-order valence-corrected chi connectivity index (χ2v) is 10.6. The van der Waals surface area contributed by atoms with Gasteiger partial charge in [-0.1, -0.05) is 6.07 Å². The molecule has 0 saturated heterocycles. The molecule has 2 unspecified atom stereocenters. The zero-order valence-corrected chi connectivity index (χ0v) is 23.0. The average molecular weight is 559 g/mol. The van der Waals surface area contributed by atoms with Crippen LogP contribution in [0.2, 0.25) is 0 Å². The molecule has 13 nitrogen and oxygen atoms in total. The van der Waals surface area contributed by atoms with Crippen molar-refractivity contribution < 1.29 is 32.2 Å². The number of aliphatic hydroxyl groups is 1. The third kappa shape index (κ3) is 5.87. The molecule has 0 radical (unpaired) electrons. The van der Waals surface area contributed by atoms with E-state index in [0.717, 1.165) is 5.56 Å². The first-order valence-electron chi connectivity index (χ1n) is 12.0. The highest BCUT2D eigenvalue weighted by Gasteiger charge is 2.35. The number of sulfonamides is 1. The van der Waals surface area contributed by atoms with Gasteiger partial charge in [0.1, 0.15) is 34.3 Å². The fraction of sp³-hybridized carbons (Fsp3) is 0.360. The van der Waals surface area contributed by atoms with Gasteiger partial charge in [0.05, 0.1) is 27.4 Å². The number of aryl methyl sites for hydroxylation is 2. The van der Waals surface area contributed by atoms with Gasteiger partial charge >= 0.3 is 0 Å². The summed E-state index contributed by atoms with van der Waals surface area (Å²) in [4.78, 5) is 8.48. The zero-order valence-electron chi connectivity index (χ0n) is 22.2. The van der Waals surface area contributed by atoms with Crippen LogP contribution < -0.4 is 14.2 Å². The maximum atomic E-state index is 13.7. The highest BCUT2D eigenvalue weighted by atomic mass is 32.2. The van der Waals surface area contributed by atoms with Crippen molar-refractivity contribution in [2.24, 2.45) is 0 Å². The Balaban J connectivity index is 1.81. The van der Waals surface area contributed by atoms with Crippen molar-refractivity contribution in [2.45, 2.75) is 32.1 Å². The highest BCUT2D eigenvalue weighted by Crippen LogP contribution is 2.38. The predicted molar refractivity (Wildman–Crippen MR) is 141 cm³/mol. The molecule has 0 fully saturated rings.